The minimum atomic E-state index is -0.641. The highest BCUT2D eigenvalue weighted by molar-refractivity contribution is 5.76. The minimum absolute atomic E-state index is 0.125. The van der Waals surface area contributed by atoms with Crippen LogP contribution in [0.15, 0.2) is 12.7 Å². The molecule has 0 aliphatic carbocycles. The van der Waals surface area contributed by atoms with Crippen LogP contribution in [0.2, 0.25) is 0 Å². The van der Waals surface area contributed by atoms with Gasteiger partial charge in [-0.1, -0.05) is 6.92 Å². The monoisotopic (exact) mass is 266 g/mol. The van der Waals surface area contributed by atoms with Gasteiger partial charge < -0.3 is 10.0 Å². The van der Waals surface area contributed by atoms with Gasteiger partial charge in [-0.3, -0.25) is 9.48 Å². The smallest absolute Gasteiger partial charge is 0.222 e. The fraction of sp³-hybridized carbons (Fsp3) is 0.769. The van der Waals surface area contributed by atoms with Crippen LogP contribution in [-0.2, 0) is 11.3 Å². The Hall–Kier alpha value is -1.43. The SMILES string of the molecule is C[C@@H]1CN(C(=O)CCCn2cncn2)CC[C@]1(C)O. The van der Waals surface area contributed by atoms with Crippen LogP contribution in [0.5, 0.6) is 0 Å². The van der Waals surface area contributed by atoms with E-state index in [2.05, 4.69) is 10.1 Å². The van der Waals surface area contributed by atoms with E-state index in [1.54, 1.807) is 11.0 Å². The molecule has 1 aliphatic heterocycles. The normalized spacial score (nSPS) is 27.5. The van der Waals surface area contributed by atoms with Gasteiger partial charge in [0.2, 0.25) is 5.91 Å². The number of piperidine rings is 1. The molecular weight excluding hydrogens is 244 g/mol. The number of amides is 1. The van der Waals surface area contributed by atoms with Crippen LogP contribution in [0.25, 0.3) is 0 Å². The first-order chi connectivity index (χ1) is 8.99. The van der Waals surface area contributed by atoms with E-state index in [9.17, 15) is 9.90 Å². The second kappa shape index (κ2) is 5.69. The number of carbonyl (C=O) groups is 1. The van der Waals surface area contributed by atoms with Gasteiger partial charge in [-0.25, -0.2) is 4.98 Å². The van der Waals surface area contributed by atoms with E-state index in [-0.39, 0.29) is 11.8 Å². The summed E-state index contributed by atoms with van der Waals surface area (Å²) in [5, 5.41) is 14.1. The van der Waals surface area contributed by atoms with E-state index in [0.717, 1.165) is 6.42 Å². The van der Waals surface area contributed by atoms with Crippen molar-refractivity contribution in [3.8, 4) is 0 Å². The molecular formula is C13H22N4O2. The molecule has 1 aromatic rings. The van der Waals surface area contributed by atoms with E-state index in [1.165, 1.54) is 6.33 Å². The number of aryl methyl sites for hydroxylation is 1. The fourth-order valence-corrected chi connectivity index (χ4v) is 2.35. The minimum Gasteiger partial charge on any atom is -0.390 e. The molecule has 0 radical (unpaired) electrons. The molecule has 2 heterocycles. The van der Waals surface area contributed by atoms with E-state index >= 15 is 0 Å². The highest BCUT2D eigenvalue weighted by Gasteiger charge is 2.35. The number of hydrogen-bond donors (Lipinski definition) is 1. The Kier molecular flexibility index (Phi) is 4.19. The Labute approximate surface area is 113 Å². The first-order valence-electron chi connectivity index (χ1n) is 6.81. The van der Waals surface area contributed by atoms with Crippen LogP contribution in [-0.4, -0.2) is 49.4 Å². The third kappa shape index (κ3) is 3.53. The van der Waals surface area contributed by atoms with Crippen molar-refractivity contribution < 1.29 is 9.90 Å². The van der Waals surface area contributed by atoms with E-state index < -0.39 is 5.60 Å². The third-order valence-electron chi connectivity index (χ3n) is 4.04. The molecule has 2 atom stereocenters. The van der Waals surface area contributed by atoms with Crippen LogP contribution >= 0.6 is 0 Å². The van der Waals surface area contributed by atoms with Gasteiger partial charge in [0.05, 0.1) is 5.60 Å². The summed E-state index contributed by atoms with van der Waals surface area (Å²) < 4.78 is 1.73. The Balaban J connectivity index is 1.75. The Bertz CT molecular complexity index is 416. The zero-order valence-corrected chi connectivity index (χ0v) is 11.6. The number of hydrogen-bond acceptors (Lipinski definition) is 4. The standard InChI is InChI=1S/C13H22N4O2/c1-11-8-16(7-5-13(11,2)19)12(18)4-3-6-17-10-14-9-15-17/h9-11,19H,3-8H2,1-2H3/t11-,13+/m1/s1. The highest BCUT2D eigenvalue weighted by atomic mass is 16.3. The Morgan fingerprint density at radius 2 is 2.37 bits per heavy atom. The second-order valence-electron chi connectivity index (χ2n) is 5.61. The zero-order valence-electron chi connectivity index (χ0n) is 11.6. The van der Waals surface area contributed by atoms with Crippen molar-refractivity contribution in [3.63, 3.8) is 0 Å². The average Bonchev–Trinajstić information content (AvgIpc) is 2.85. The summed E-state index contributed by atoms with van der Waals surface area (Å²) in [4.78, 5) is 17.8. The summed E-state index contributed by atoms with van der Waals surface area (Å²) in [6.07, 6.45) is 5.10. The van der Waals surface area contributed by atoms with E-state index in [1.807, 2.05) is 18.7 Å². The van der Waals surface area contributed by atoms with Crippen LogP contribution in [0.3, 0.4) is 0 Å². The molecule has 0 bridgehead atoms. The van der Waals surface area contributed by atoms with Gasteiger partial charge in [-0.2, -0.15) is 5.10 Å². The molecule has 1 aromatic heterocycles. The van der Waals surface area contributed by atoms with E-state index in [0.29, 0.717) is 32.5 Å². The van der Waals surface area contributed by atoms with Crippen molar-refractivity contribution in [3.05, 3.63) is 12.7 Å². The summed E-state index contributed by atoms with van der Waals surface area (Å²) >= 11 is 0. The van der Waals surface area contributed by atoms with Crippen LogP contribution < -0.4 is 0 Å². The molecule has 1 N–H and O–H groups in total. The predicted octanol–water partition coefficient (Wildman–Crippen LogP) is 0.678. The maximum absolute atomic E-state index is 12.1. The molecule has 0 spiro atoms. The van der Waals surface area contributed by atoms with Crippen molar-refractivity contribution in [1.29, 1.82) is 0 Å². The molecule has 6 heteroatoms. The first-order valence-corrected chi connectivity index (χ1v) is 6.81. The Morgan fingerprint density at radius 1 is 1.58 bits per heavy atom. The van der Waals surface area contributed by atoms with E-state index in [4.69, 9.17) is 0 Å². The number of likely N-dealkylation sites (tertiary alicyclic amines) is 1. The lowest BCUT2D eigenvalue weighted by Crippen LogP contribution is -2.50. The van der Waals surface area contributed by atoms with Gasteiger partial charge in [0, 0.05) is 32.0 Å². The van der Waals surface area contributed by atoms with Gasteiger partial charge in [0.15, 0.2) is 0 Å². The van der Waals surface area contributed by atoms with Crippen LogP contribution in [0.4, 0.5) is 0 Å². The average molecular weight is 266 g/mol. The second-order valence-corrected chi connectivity index (χ2v) is 5.61. The Morgan fingerprint density at radius 3 is 3.00 bits per heavy atom. The topological polar surface area (TPSA) is 71.2 Å². The number of nitrogens with zero attached hydrogens (tertiary/aromatic N) is 4. The van der Waals surface area contributed by atoms with Gasteiger partial charge in [-0.15, -0.1) is 0 Å². The lowest BCUT2D eigenvalue weighted by molar-refractivity contribution is -0.138. The molecule has 1 amide bonds. The van der Waals surface area contributed by atoms with Gasteiger partial charge in [0.25, 0.3) is 0 Å². The number of aromatic nitrogens is 3. The summed E-state index contributed by atoms with van der Waals surface area (Å²) in [5.41, 5.74) is -0.641. The first kappa shape index (κ1) is 14.0. The molecule has 19 heavy (non-hydrogen) atoms. The summed E-state index contributed by atoms with van der Waals surface area (Å²) in [7, 11) is 0. The maximum Gasteiger partial charge on any atom is 0.222 e. The molecule has 2 rings (SSSR count). The molecule has 1 fully saturated rings. The van der Waals surface area contributed by atoms with Crippen molar-refractivity contribution in [1.82, 2.24) is 19.7 Å². The van der Waals surface area contributed by atoms with Crippen molar-refractivity contribution in [2.45, 2.75) is 45.3 Å². The lowest BCUT2D eigenvalue weighted by Gasteiger charge is -2.41. The van der Waals surface area contributed by atoms with Crippen molar-refractivity contribution in [2.75, 3.05) is 13.1 Å². The highest BCUT2D eigenvalue weighted by Crippen LogP contribution is 2.27. The summed E-state index contributed by atoms with van der Waals surface area (Å²) in [6, 6.07) is 0. The van der Waals surface area contributed by atoms with Gasteiger partial charge in [-0.05, 0) is 19.8 Å². The fourth-order valence-electron chi connectivity index (χ4n) is 2.35. The molecule has 0 aromatic carbocycles. The molecule has 0 saturated carbocycles. The van der Waals surface area contributed by atoms with Gasteiger partial charge >= 0.3 is 0 Å². The summed E-state index contributed by atoms with van der Waals surface area (Å²) in [6.45, 7) is 5.86. The third-order valence-corrected chi connectivity index (χ3v) is 4.04. The molecule has 1 aliphatic rings. The van der Waals surface area contributed by atoms with Crippen molar-refractivity contribution >= 4 is 5.91 Å². The number of aliphatic hydroxyl groups is 1. The molecule has 0 unspecified atom stereocenters. The maximum atomic E-state index is 12.1. The van der Waals surface area contributed by atoms with Gasteiger partial charge in [0.1, 0.15) is 12.7 Å². The molecule has 6 nitrogen and oxygen atoms in total. The van der Waals surface area contributed by atoms with Crippen molar-refractivity contribution in [2.24, 2.45) is 5.92 Å². The quantitative estimate of drug-likeness (QED) is 0.870. The lowest BCUT2D eigenvalue weighted by atomic mass is 9.84. The molecule has 106 valence electrons. The number of rotatable bonds is 4. The van der Waals surface area contributed by atoms with Crippen LogP contribution in [0.1, 0.15) is 33.1 Å². The zero-order chi connectivity index (χ0) is 13.9. The number of carbonyl (C=O) groups excluding carboxylic acids is 1. The molecule has 1 saturated heterocycles. The predicted molar refractivity (Wildman–Crippen MR) is 70.2 cm³/mol. The largest absolute Gasteiger partial charge is 0.390 e. The van der Waals surface area contributed by atoms with Crippen LogP contribution in [0, 0.1) is 5.92 Å². The summed E-state index contributed by atoms with van der Waals surface area (Å²) in [5.74, 6) is 0.294.